The molecule has 0 spiro atoms. The fourth-order valence-electron chi connectivity index (χ4n) is 4.32. The van der Waals surface area contributed by atoms with Gasteiger partial charge >= 0.3 is 10.2 Å². The number of anilines is 2. The molecule has 0 atom stereocenters. The normalized spacial score (nSPS) is 20.5. The van der Waals surface area contributed by atoms with Crippen molar-refractivity contribution in [3.63, 3.8) is 0 Å². The van der Waals surface area contributed by atoms with Gasteiger partial charge in [-0.3, -0.25) is 13.5 Å². The molecule has 0 amide bonds. The zero-order valence-electron chi connectivity index (χ0n) is 17.6. The summed E-state index contributed by atoms with van der Waals surface area (Å²) in [5.74, 6) is 0.455. The van der Waals surface area contributed by atoms with E-state index in [1.165, 1.54) is 8.61 Å². The van der Waals surface area contributed by atoms with Crippen LogP contribution in [-0.4, -0.2) is 53.2 Å². The Morgan fingerprint density at radius 2 is 1.87 bits per heavy atom. The molecular weight excluding hydrogens is 412 g/mol. The molecule has 5 rings (SSSR count). The maximum absolute atomic E-state index is 12.9. The standard InChI is InChI=1S/C23H26N4O3S/c1-25-23-13-19(6-7-22(23)27(31(25,28)29)16-17-2-3-17)21-12-18(4-5-20(21)14-24)15-26-8-10-30-11-9-26/h4-7,12-13,17H,2-3,8-11,15-16H2,1H3. The molecule has 2 aliphatic heterocycles. The summed E-state index contributed by atoms with van der Waals surface area (Å²) in [6, 6.07) is 13.9. The number of morpholine rings is 1. The second kappa shape index (κ2) is 7.83. The van der Waals surface area contributed by atoms with E-state index in [0.717, 1.165) is 68.1 Å². The SMILES string of the molecule is CN1c2cc(-c3cc(CN4CCOCC4)ccc3C#N)ccc2N(CC2CC2)S1(=O)=O. The molecule has 8 heteroatoms. The maximum Gasteiger partial charge on any atom is 0.326 e. The molecule has 1 saturated heterocycles. The molecular formula is C23H26N4O3S. The fourth-order valence-corrected chi connectivity index (χ4v) is 5.81. The Bertz CT molecular complexity index is 1150. The molecule has 31 heavy (non-hydrogen) atoms. The van der Waals surface area contributed by atoms with Crippen molar-refractivity contribution < 1.29 is 13.2 Å². The lowest BCUT2D eigenvalue weighted by molar-refractivity contribution is 0.0342. The third kappa shape index (κ3) is 3.78. The van der Waals surface area contributed by atoms with Crippen LogP contribution in [0.2, 0.25) is 0 Å². The molecule has 0 N–H and O–H groups in total. The summed E-state index contributed by atoms with van der Waals surface area (Å²) in [5, 5.41) is 9.68. The van der Waals surface area contributed by atoms with Crippen molar-refractivity contribution in [3.8, 4) is 17.2 Å². The predicted molar refractivity (Wildman–Crippen MR) is 120 cm³/mol. The lowest BCUT2D eigenvalue weighted by Gasteiger charge is -2.26. The van der Waals surface area contributed by atoms with E-state index in [2.05, 4.69) is 17.0 Å². The van der Waals surface area contributed by atoms with Gasteiger partial charge in [-0.15, -0.1) is 0 Å². The molecule has 3 aliphatic rings. The Hall–Kier alpha value is -2.60. The fraction of sp³-hybridized carbons (Fsp3) is 0.435. The van der Waals surface area contributed by atoms with Crippen LogP contribution in [0.5, 0.6) is 0 Å². The molecule has 1 aliphatic carbocycles. The monoisotopic (exact) mass is 438 g/mol. The second-order valence-corrected chi connectivity index (χ2v) is 10.4. The number of hydrogen-bond donors (Lipinski definition) is 0. The van der Waals surface area contributed by atoms with Crippen molar-refractivity contribution >= 4 is 21.6 Å². The summed E-state index contributed by atoms with van der Waals surface area (Å²) in [4.78, 5) is 2.34. The Labute approximate surface area is 183 Å². The number of fused-ring (bicyclic) bond motifs is 1. The van der Waals surface area contributed by atoms with Crippen LogP contribution < -0.4 is 8.61 Å². The van der Waals surface area contributed by atoms with Gasteiger partial charge in [0.25, 0.3) is 0 Å². The highest BCUT2D eigenvalue weighted by molar-refractivity contribution is 7.94. The van der Waals surface area contributed by atoms with Crippen LogP contribution in [-0.2, 0) is 21.5 Å². The van der Waals surface area contributed by atoms with E-state index in [1.807, 2.05) is 30.3 Å². The molecule has 2 aromatic rings. The number of benzene rings is 2. The Kier molecular flexibility index (Phi) is 5.13. The van der Waals surface area contributed by atoms with Crippen molar-refractivity contribution in [1.82, 2.24) is 4.90 Å². The Morgan fingerprint density at radius 1 is 1.10 bits per heavy atom. The van der Waals surface area contributed by atoms with Gasteiger partial charge in [0.2, 0.25) is 0 Å². The summed E-state index contributed by atoms with van der Waals surface area (Å²) < 4.78 is 34.2. The van der Waals surface area contributed by atoms with Crippen molar-refractivity contribution in [2.75, 3.05) is 48.5 Å². The van der Waals surface area contributed by atoms with Gasteiger partial charge in [-0.1, -0.05) is 12.1 Å². The van der Waals surface area contributed by atoms with Gasteiger partial charge in [-0.25, -0.2) is 0 Å². The zero-order valence-corrected chi connectivity index (χ0v) is 18.4. The van der Waals surface area contributed by atoms with E-state index in [9.17, 15) is 13.7 Å². The van der Waals surface area contributed by atoms with Crippen molar-refractivity contribution in [3.05, 3.63) is 47.5 Å². The molecule has 2 heterocycles. The van der Waals surface area contributed by atoms with Crippen LogP contribution in [0, 0.1) is 17.2 Å². The molecule has 1 saturated carbocycles. The van der Waals surface area contributed by atoms with Crippen LogP contribution in [0.25, 0.3) is 11.1 Å². The van der Waals surface area contributed by atoms with E-state index >= 15 is 0 Å². The van der Waals surface area contributed by atoms with Gasteiger partial charge in [0, 0.05) is 33.2 Å². The number of hydrogen-bond acceptors (Lipinski definition) is 5. The molecule has 0 radical (unpaired) electrons. The highest BCUT2D eigenvalue weighted by Gasteiger charge is 2.41. The average Bonchev–Trinajstić information content (AvgIpc) is 3.58. The van der Waals surface area contributed by atoms with Crippen molar-refractivity contribution in [2.24, 2.45) is 5.92 Å². The van der Waals surface area contributed by atoms with E-state index < -0.39 is 10.2 Å². The highest BCUT2D eigenvalue weighted by Crippen LogP contribution is 2.45. The van der Waals surface area contributed by atoms with Crippen LogP contribution in [0.4, 0.5) is 11.4 Å². The van der Waals surface area contributed by atoms with Gasteiger partial charge in [0.15, 0.2) is 0 Å². The van der Waals surface area contributed by atoms with Gasteiger partial charge in [-0.05, 0) is 59.7 Å². The number of ether oxygens (including phenoxy) is 1. The first-order chi connectivity index (χ1) is 15.0. The topological polar surface area (TPSA) is 76.9 Å². The van der Waals surface area contributed by atoms with E-state index in [0.29, 0.717) is 23.7 Å². The van der Waals surface area contributed by atoms with Gasteiger partial charge < -0.3 is 4.74 Å². The molecule has 2 fully saturated rings. The summed E-state index contributed by atoms with van der Waals surface area (Å²) in [6.45, 7) is 4.62. The third-order valence-electron chi connectivity index (χ3n) is 6.35. The van der Waals surface area contributed by atoms with Crippen LogP contribution >= 0.6 is 0 Å². The first-order valence-corrected chi connectivity index (χ1v) is 12.1. The minimum Gasteiger partial charge on any atom is -0.379 e. The van der Waals surface area contributed by atoms with E-state index in [1.54, 1.807) is 7.05 Å². The minimum atomic E-state index is -3.54. The van der Waals surface area contributed by atoms with Gasteiger partial charge in [0.05, 0.1) is 36.2 Å². The third-order valence-corrected chi connectivity index (χ3v) is 8.15. The van der Waals surface area contributed by atoms with E-state index in [-0.39, 0.29) is 0 Å². The number of rotatable bonds is 5. The Balaban J connectivity index is 1.50. The van der Waals surface area contributed by atoms with Gasteiger partial charge in [-0.2, -0.15) is 13.7 Å². The number of nitriles is 1. The molecule has 2 aromatic carbocycles. The van der Waals surface area contributed by atoms with Crippen molar-refractivity contribution in [2.45, 2.75) is 19.4 Å². The maximum atomic E-state index is 12.9. The molecule has 7 nitrogen and oxygen atoms in total. The van der Waals surface area contributed by atoms with Crippen molar-refractivity contribution in [1.29, 1.82) is 5.26 Å². The van der Waals surface area contributed by atoms with E-state index in [4.69, 9.17) is 4.74 Å². The molecule has 162 valence electrons. The van der Waals surface area contributed by atoms with Crippen LogP contribution in [0.15, 0.2) is 36.4 Å². The Morgan fingerprint density at radius 3 is 2.58 bits per heavy atom. The largest absolute Gasteiger partial charge is 0.379 e. The second-order valence-electron chi connectivity index (χ2n) is 8.53. The number of nitrogens with zero attached hydrogens (tertiary/aromatic N) is 4. The highest BCUT2D eigenvalue weighted by atomic mass is 32.2. The summed E-state index contributed by atoms with van der Waals surface area (Å²) in [6.07, 6.45) is 2.18. The van der Waals surface area contributed by atoms with Crippen LogP contribution in [0.3, 0.4) is 0 Å². The lowest BCUT2D eigenvalue weighted by atomic mass is 9.96. The summed E-state index contributed by atoms with van der Waals surface area (Å²) >= 11 is 0. The summed E-state index contributed by atoms with van der Waals surface area (Å²) in [7, 11) is -1.94. The molecule has 0 bridgehead atoms. The average molecular weight is 439 g/mol. The molecule has 0 unspecified atom stereocenters. The predicted octanol–water partition coefficient (Wildman–Crippen LogP) is 2.97. The van der Waals surface area contributed by atoms with Crippen LogP contribution in [0.1, 0.15) is 24.0 Å². The minimum absolute atomic E-state index is 0.455. The van der Waals surface area contributed by atoms with Gasteiger partial charge in [0.1, 0.15) is 0 Å². The first kappa shape index (κ1) is 20.3. The lowest BCUT2D eigenvalue weighted by Crippen LogP contribution is -2.36. The quantitative estimate of drug-likeness (QED) is 0.717. The summed E-state index contributed by atoms with van der Waals surface area (Å²) in [5.41, 5.74) is 4.80. The zero-order chi connectivity index (χ0) is 21.6. The molecule has 0 aromatic heterocycles. The first-order valence-electron chi connectivity index (χ1n) is 10.7. The smallest absolute Gasteiger partial charge is 0.326 e.